The normalized spacial score (nSPS) is 53.2. The minimum Gasteiger partial charge on any atom is -0.481 e. The molecule has 0 spiro atoms. The summed E-state index contributed by atoms with van der Waals surface area (Å²) in [6, 6.07) is 0. The first-order chi connectivity index (χ1) is 25.6. The van der Waals surface area contributed by atoms with E-state index in [1.54, 1.807) is 0 Å². The van der Waals surface area contributed by atoms with Gasteiger partial charge in [0, 0.05) is 0 Å². The molecule has 0 aromatic heterocycles. The zero-order chi connectivity index (χ0) is 40.3. The minimum absolute atomic E-state index is 0.00451. The predicted molar refractivity (Wildman–Crippen MR) is 198 cm³/mol. The van der Waals surface area contributed by atoms with E-state index in [1.807, 2.05) is 0 Å². The number of rotatable bonds is 7. The van der Waals surface area contributed by atoms with Gasteiger partial charge in [0.25, 0.3) is 0 Å². The van der Waals surface area contributed by atoms with E-state index >= 15 is 0 Å². The Hall–Kier alpha value is -1.23. The molecule has 18 atom stereocenters. The van der Waals surface area contributed by atoms with Crippen LogP contribution in [0.15, 0.2) is 11.6 Å². The Morgan fingerprint density at radius 2 is 1.36 bits per heavy atom. The molecule has 314 valence electrons. The number of carboxylic acids is 1. The van der Waals surface area contributed by atoms with Crippen molar-refractivity contribution in [2.75, 3.05) is 13.2 Å². The molecule has 7 aliphatic rings. The van der Waals surface area contributed by atoms with Gasteiger partial charge in [-0.05, 0) is 109 Å². The van der Waals surface area contributed by atoms with Gasteiger partial charge in [-0.3, -0.25) is 4.79 Å². The van der Waals surface area contributed by atoms with Crippen molar-refractivity contribution in [2.24, 2.45) is 50.2 Å². The minimum atomic E-state index is -1.65. The van der Waals surface area contributed by atoms with E-state index in [1.165, 1.54) is 5.57 Å². The molecule has 0 radical (unpaired) electrons. The van der Waals surface area contributed by atoms with E-state index in [0.717, 1.165) is 57.8 Å². The number of ether oxygens (including phenoxy) is 4. The third kappa shape index (κ3) is 6.31. The Labute approximate surface area is 325 Å². The highest BCUT2D eigenvalue weighted by atomic mass is 16.7. The Bertz CT molecular complexity index is 1480. The molecule has 5 aliphatic carbocycles. The second-order valence-electron chi connectivity index (χ2n) is 20.7. The standard InChI is InChI=1S/C42H68O13/c1-37(2)14-16-42(36(50)51)17-15-40(6)21(22(42)18-37)8-9-26-39(5)12-11-27(38(3,4)25(39)10-13-41(26,40)7)55-35-33(49)31(47)29(45)24(54-35)20-52-34-32(48)30(46)28(44)23(19-43)53-34/h8,22-35,43-49H,9-20H2,1-7H3,(H,50,51)/t22-,23+,24+,25-,26+,27-,28+,29+,30-,31-,32+,33+,34+,35-,39-,40+,41+,42-/m0/s1. The van der Waals surface area contributed by atoms with Crippen LogP contribution in [-0.4, -0.2) is 128 Å². The molecule has 4 saturated carbocycles. The van der Waals surface area contributed by atoms with Crippen LogP contribution in [0.4, 0.5) is 0 Å². The lowest BCUT2D eigenvalue weighted by Gasteiger charge is -2.71. The molecule has 0 aromatic rings. The summed E-state index contributed by atoms with van der Waals surface area (Å²) in [7, 11) is 0. The average Bonchev–Trinajstić information content (AvgIpc) is 3.12. The first-order valence-corrected chi connectivity index (χ1v) is 20.8. The van der Waals surface area contributed by atoms with Gasteiger partial charge in [0.1, 0.15) is 48.8 Å². The van der Waals surface area contributed by atoms with Crippen molar-refractivity contribution in [3.05, 3.63) is 11.6 Å². The molecule has 7 rings (SSSR count). The van der Waals surface area contributed by atoms with Crippen LogP contribution in [0.5, 0.6) is 0 Å². The second kappa shape index (κ2) is 14.2. The lowest BCUT2D eigenvalue weighted by atomic mass is 9.33. The molecule has 0 unspecified atom stereocenters. The maximum atomic E-state index is 13.0. The van der Waals surface area contributed by atoms with Crippen molar-refractivity contribution in [2.45, 2.75) is 180 Å². The van der Waals surface area contributed by atoms with Crippen LogP contribution < -0.4 is 0 Å². The molecule has 2 heterocycles. The quantitative estimate of drug-likeness (QED) is 0.138. The Morgan fingerprint density at radius 1 is 0.745 bits per heavy atom. The number of carbonyl (C=O) groups is 1. The summed E-state index contributed by atoms with van der Waals surface area (Å²) in [5, 5.41) is 83.8. The fourth-order valence-corrected chi connectivity index (χ4v) is 13.6. The average molecular weight is 781 g/mol. The van der Waals surface area contributed by atoms with Gasteiger partial charge < -0.3 is 59.8 Å². The number of fused-ring (bicyclic) bond motifs is 7. The van der Waals surface area contributed by atoms with Crippen molar-refractivity contribution < 1.29 is 64.6 Å². The van der Waals surface area contributed by atoms with E-state index in [2.05, 4.69) is 54.5 Å². The smallest absolute Gasteiger partial charge is 0.310 e. The van der Waals surface area contributed by atoms with Gasteiger partial charge in [0.05, 0.1) is 24.7 Å². The zero-order valence-electron chi connectivity index (χ0n) is 33.8. The molecule has 13 nitrogen and oxygen atoms in total. The van der Waals surface area contributed by atoms with Crippen molar-refractivity contribution >= 4 is 5.97 Å². The predicted octanol–water partition coefficient (Wildman–Crippen LogP) is 2.88. The van der Waals surface area contributed by atoms with Crippen molar-refractivity contribution in [3.63, 3.8) is 0 Å². The van der Waals surface area contributed by atoms with Gasteiger partial charge in [-0.2, -0.15) is 0 Å². The van der Waals surface area contributed by atoms with Gasteiger partial charge in [-0.15, -0.1) is 0 Å². The van der Waals surface area contributed by atoms with Crippen LogP contribution in [0, 0.1) is 50.2 Å². The maximum absolute atomic E-state index is 13.0. The summed E-state index contributed by atoms with van der Waals surface area (Å²) in [6.07, 6.45) is -3.90. The summed E-state index contributed by atoms with van der Waals surface area (Å²) >= 11 is 0. The number of aliphatic hydroxyl groups is 7. The largest absolute Gasteiger partial charge is 0.481 e. The lowest BCUT2D eigenvalue weighted by molar-refractivity contribution is -0.345. The highest BCUT2D eigenvalue weighted by molar-refractivity contribution is 5.76. The van der Waals surface area contributed by atoms with Gasteiger partial charge >= 0.3 is 5.97 Å². The lowest BCUT2D eigenvalue weighted by Crippen LogP contribution is -2.66. The maximum Gasteiger partial charge on any atom is 0.310 e. The number of aliphatic carboxylic acids is 1. The number of carboxylic acid groups (broad SMARTS) is 1. The molecule has 0 amide bonds. The Balaban J connectivity index is 1.08. The fourth-order valence-electron chi connectivity index (χ4n) is 13.6. The summed E-state index contributed by atoms with van der Waals surface area (Å²) < 4.78 is 23.7. The third-order valence-electron chi connectivity index (χ3n) is 17.2. The number of hydrogen-bond donors (Lipinski definition) is 8. The zero-order valence-corrected chi connectivity index (χ0v) is 33.8. The number of hydrogen-bond acceptors (Lipinski definition) is 12. The molecular weight excluding hydrogens is 712 g/mol. The summed E-state index contributed by atoms with van der Waals surface area (Å²) in [4.78, 5) is 13.0. The second-order valence-corrected chi connectivity index (χ2v) is 20.7. The van der Waals surface area contributed by atoms with E-state index in [9.17, 15) is 45.6 Å². The SMILES string of the molecule is CC1(C)CC[C@]2(C(=O)O)CC[C@]3(C)C(=CC[C@@H]4[C@@]5(C)CC[C@H](O[C@@H]6O[C@H](CO[C@@H]7O[C@H](CO)[C@@H](O)[C@H](O)[C@H]7O)[C@@H](O)[C@H](O)[C@H]6O)C(C)(C)[C@@H]5CC[C@]43C)[C@@H]2C1. The summed E-state index contributed by atoms with van der Waals surface area (Å²) in [5.41, 5.74) is 0.344. The fraction of sp³-hybridized carbons (Fsp3) is 0.929. The van der Waals surface area contributed by atoms with Gasteiger partial charge in [-0.25, -0.2) is 0 Å². The van der Waals surface area contributed by atoms with Crippen LogP contribution >= 0.6 is 0 Å². The molecule has 55 heavy (non-hydrogen) atoms. The Kier molecular flexibility index (Phi) is 10.8. The van der Waals surface area contributed by atoms with Crippen LogP contribution in [-0.2, 0) is 23.7 Å². The van der Waals surface area contributed by atoms with E-state index in [4.69, 9.17) is 18.9 Å². The van der Waals surface area contributed by atoms with Crippen LogP contribution in [0.2, 0.25) is 0 Å². The number of aliphatic hydroxyl groups excluding tert-OH is 7. The van der Waals surface area contributed by atoms with Gasteiger partial charge in [0.2, 0.25) is 0 Å². The first-order valence-electron chi connectivity index (χ1n) is 20.8. The summed E-state index contributed by atoms with van der Waals surface area (Å²) in [6.45, 7) is 15.4. The van der Waals surface area contributed by atoms with Crippen LogP contribution in [0.1, 0.15) is 113 Å². The summed E-state index contributed by atoms with van der Waals surface area (Å²) in [5.74, 6) is 0.0886. The third-order valence-corrected chi connectivity index (χ3v) is 17.2. The van der Waals surface area contributed by atoms with Crippen LogP contribution in [0.3, 0.4) is 0 Å². The first kappa shape index (κ1) is 41.9. The van der Waals surface area contributed by atoms with Crippen LogP contribution in [0.25, 0.3) is 0 Å². The molecule has 2 saturated heterocycles. The van der Waals surface area contributed by atoms with Gasteiger partial charge in [0.15, 0.2) is 12.6 Å². The highest BCUT2D eigenvalue weighted by Crippen LogP contribution is 2.76. The molecular formula is C42H68O13. The topological polar surface area (TPSA) is 216 Å². The highest BCUT2D eigenvalue weighted by Gasteiger charge is 2.69. The van der Waals surface area contributed by atoms with Gasteiger partial charge in [-0.1, -0.05) is 60.1 Å². The van der Waals surface area contributed by atoms with E-state index < -0.39 is 86.0 Å². The van der Waals surface area contributed by atoms with Crippen molar-refractivity contribution in [1.29, 1.82) is 0 Å². The Morgan fingerprint density at radius 3 is 2.02 bits per heavy atom. The van der Waals surface area contributed by atoms with E-state index in [-0.39, 0.29) is 45.0 Å². The molecule has 6 fully saturated rings. The molecule has 0 bridgehead atoms. The number of allylic oxidation sites excluding steroid dienone is 2. The molecule has 2 aliphatic heterocycles. The van der Waals surface area contributed by atoms with E-state index in [0.29, 0.717) is 12.3 Å². The molecule has 13 heteroatoms. The molecule has 8 N–H and O–H groups in total. The van der Waals surface area contributed by atoms with Crippen molar-refractivity contribution in [3.8, 4) is 0 Å². The molecule has 0 aromatic carbocycles. The van der Waals surface area contributed by atoms with Crippen molar-refractivity contribution in [1.82, 2.24) is 0 Å². The monoisotopic (exact) mass is 780 g/mol.